The second-order valence-electron chi connectivity index (χ2n) is 5.50. The molecule has 0 unspecified atom stereocenters. The standard InChI is InChI=1S/C18H15ClN2O5/c1-25-11-4-6-14(15(8-11)26-2)20-16(22)9-21-17(23)12-5-3-10(19)7-13(12)18(21)24/h3-8H,9H2,1-2H3,(H,20,22). The van der Waals surface area contributed by atoms with Crippen LogP contribution in [0.5, 0.6) is 11.5 Å². The Morgan fingerprint density at radius 1 is 1.04 bits per heavy atom. The number of nitrogens with one attached hydrogen (secondary N) is 1. The lowest BCUT2D eigenvalue weighted by molar-refractivity contribution is -0.116. The Morgan fingerprint density at radius 2 is 1.77 bits per heavy atom. The van der Waals surface area contributed by atoms with E-state index in [1.807, 2.05) is 0 Å². The number of carbonyl (C=O) groups is 3. The molecule has 2 aromatic rings. The summed E-state index contributed by atoms with van der Waals surface area (Å²) in [5.74, 6) is -0.652. The number of methoxy groups -OCH3 is 2. The van der Waals surface area contributed by atoms with Gasteiger partial charge in [0.2, 0.25) is 5.91 Å². The van der Waals surface area contributed by atoms with Gasteiger partial charge in [-0.25, -0.2) is 0 Å². The summed E-state index contributed by atoms with van der Waals surface area (Å²) in [7, 11) is 2.97. The molecule has 0 bridgehead atoms. The number of fused-ring (bicyclic) bond motifs is 1. The SMILES string of the molecule is COc1ccc(NC(=O)CN2C(=O)c3ccc(Cl)cc3C2=O)c(OC)c1. The summed E-state index contributed by atoms with van der Waals surface area (Å²) >= 11 is 5.87. The minimum Gasteiger partial charge on any atom is -0.497 e. The number of amides is 3. The zero-order valence-corrected chi connectivity index (χ0v) is 14.8. The molecular weight excluding hydrogens is 360 g/mol. The Balaban J connectivity index is 1.75. The average molecular weight is 375 g/mol. The molecule has 134 valence electrons. The number of halogens is 1. The Kier molecular flexibility index (Phi) is 4.81. The van der Waals surface area contributed by atoms with Gasteiger partial charge < -0.3 is 14.8 Å². The highest BCUT2D eigenvalue weighted by molar-refractivity contribution is 6.32. The maximum absolute atomic E-state index is 12.4. The molecule has 1 aliphatic heterocycles. The molecule has 26 heavy (non-hydrogen) atoms. The minimum atomic E-state index is -0.552. The van der Waals surface area contributed by atoms with Crippen molar-refractivity contribution in [2.75, 3.05) is 26.1 Å². The molecule has 0 atom stereocenters. The predicted octanol–water partition coefficient (Wildman–Crippen LogP) is 2.59. The van der Waals surface area contributed by atoms with Crippen molar-refractivity contribution in [3.63, 3.8) is 0 Å². The van der Waals surface area contributed by atoms with E-state index >= 15 is 0 Å². The van der Waals surface area contributed by atoms with Crippen molar-refractivity contribution < 1.29 is 23.9 Å². The van der Waals surface area contributed by atoms with Crippen molar-refractivity contribution in [3.05, 3.63) is 52.5 Å². The third-order valence-electron chi connectivity index (χ3n) is 3.92. The number of rotatable bonds is 5. The normalized spacial score (nSPS) is 12.8. The first-order valence-corrected chi connectivity index (χ1v) is 8.00. The van der Waals surface area contributed by atoms with Crippen LogP contribution in [-0.4, -0.2) is 43.4 Å². The van der Waals surface area contributed by atoms with E-state index in [1.165, 1.54) is 32.4 Å². The summed E-state index contributed by atoms with van der Waals surface area (Å²) in [5.41, 5.74) is 0.824. The molecule has 1 aliphatic rings. The first-order valence-electron chi connectivity index (χ1n) is 7.62. The molecule has 0 saturated heterocycles. The monoisotopic (exact) mass is 374 g/mol. The van der Waals surface area contributed by atoms with Crippen LogP contribution < -0.4 is 14.8 Å². The first-order chi connectivity index (χ1) is 12.4. The fourth-order valence-electron chi connectivity index (χ4n) is 2.64. The average Bonchev–Trinajstić information content (AvgIpc) is 2.86. The molecule has 0 radical (unpaired) electrons. The number of carbonyl (C=O) groups excluding carboxylic acids is 3. The molecule has 7 nitrogen and oxygen atoms in total. The summed E-state index contributed by atoms with van der Waals surface area (Å²) in [6.07, 6.45) is 0. The van der Waals surface area contributed by atoms with Crippen LogP contribution >= 0.6 is 11.6 Å². The molecule has 0 fully saturated rings. The third-order valence-corrected chi connectivity index (χ3v) is 4.15. The van der Waals surface area contributed by atoms with Crippen LogP contribution in [0.4, 0.5) is 5.69 Å². The van der Waals surface area contributed by atoms with Crippen molar-refractivity contribution in [1.29, 1.82) is 0 Å². The highest BCUT2D eigenvalue weighted by Gasteiger charge is 2.36. The van der Waals surface area contributed by atoms with E-state index in [0.717, 1.165) is 4.90 Å². The van der Waals surface area contributed by atoms with Gasteiger partial charge in [-0.1, -0.05) is 11.6 Å². The topological polar surface area (TPSA) is 84.9 Å². The Labute approximate surface area is 154 Å². The number of hydrogen-bond acceptors (Lipinski definition) is 5. The zero-order valence-electron chi connectivity index (χ0n) is 14.0. The Hall–Kier alpha value is -3.06. The number of nitrogens with zero attached hydrogens (tertiary/aromatic N) is 1. The molecule has 1 heterocycles. The lowest BCUT2D eigenvalue weighted by atomic mass is 10.1. The van der Waals surface area contributed by atoms with E-state index in [-0.39, 0.29) is 11.1 Å². The van der Waals surface area contributed by atoms with Gasteiger partial charge >= 0.3 is 0 Å². The molecule has 2 aromatic carbocycles. The van der Waals surface area contributed by atoms with Gasteiger partial charge in [0.05, 0.1) is 31.0 Å². The summed E-state index contributed by atoms with van der Waals surface area (Å²) in [6.45, 7) is -0.418. The zero-order chi connectivity index (χ0) is 18.8. The quantitative estimate of drug-likeness (QED) is 0.813. The molecule has 0 aliphatic carbocycles. The summed E-state index contributed by atoms with van der Waals surface area (Å²) < 4.78 is 10.3. The number of anilines is 1. The molecule has 1 N–H and O–H groups in total. The highest BCUT2D eigenvalue weighted by atomic mass is 35.5. The predicted molar refractivity (Wildman–Crippen MR) is 95.0 cm³/mol. The second kappa shape index (κ2) is 7.05. The highest BCUT2D eigenvalue weighted by Crippen LogP contribution is 2.29. The molecule has 8 heteroatoms. The van der Waals surface area contributed by atoms with Crippen LogP contribution in [0.15, 0.2) is 36.4 Å². The number of hydrogen-bond donors (Lipinski definition) is 1. The van der Waals surface area contributed by atoms with Crippen LogP contribution in [0.1, 0.15) is 20.7 Å². The second-order valence-corrected chi connectivity index (χ2v) is 5.94. The first kappa shape index (κ1) is 17.8. The largest absolute Gasteiger partial charge is 0.497 e. The van der Waals surface area contributed by atoms with Crippen LogP contribution in [0.3, 0.4) is 0 Å². The van der Waals surface area contributed by atoms with Gasteiger partial charge in [-0.15, -0.1) is 0 Å². The van der Waals surface area contributed by atoms with Gasteiger partial charge in [0.15, 0.2) is 0 Å². The van der Waals surface area contributed by atoms with Crippen LogP contribution in [0.2, 0.25) is 5.02 Å². The lowest BCUT2D eigenvalue weighted by Gasteiger charge is -2.15. The number of imide groups is 1. The van der Waals surface area contributed by atoms with Crippen molar-refractivity contribution in [3.8, 4) is 11.5 Å². The molecular formula is C18H15ClN2O5. The fourth-order valence-corrected chi connectivity index (χ4v) is 2.81. The van der Waals surface area contributed by atoms with Gasteiger partial charge in [-0.3, -0.25) is 19.3 Å². The maximum atomic E-state index is 12.4. The smallest absolute Gasteiger partial charge is 0.262 e. The maximum Gasteiger partial charge on any atom is 0.262 e. The molecule has 3 amide bonds. The summed E-state index contributed by atoms with van der Waals surface area (Å²) in [6, 6.07) is 9.29. The van der Waals surface area contributed by atoms with Gasteiger partial charge in [-0.05, 0) is 30.3 Å². The van der Waals surface area contributed by atoms with Gasteiger partial charge in [0.25, 0.3) is 11.8 Å². The number of benzene rings is 2. The van der Waals surface area contributed by atoms with Crippen molar-refractivity contribution in [1.82, 2.24) is 4.90 Å². The number of ether oxygens (including phenoxy) is 2. The van der Waals surface area contributed by atoms with Crippen molar-refractivity contribution in [2.24, 2.45) is 0 Å². The van der Waals surface area contributed by atoms with E-state index in [0.29, 0.717) is 22.2 Å². The third kappa shape index (κ3) is 3.21. The molecule has 0 spiro atoms. The van der Waals surface area contributed by atoms with E-state index in [9.17, 15) is 14.4 Å². The van der Waals surface area contributed by atoms with E-state index in [4.69, 9.17) is 21.1 Å². The lowest BCUT2D eigenvalue weighted by Crippen LogP contribution is -2.37. The molecule has 0 saturated carbocycles. The van der Waals surface area contributed by atoms with E-state index in [1.54, 1.807) is 18.2 Å². The van der Waals surface area contributed by atoms with Gasteiger partial charge in [-0.2, -0.15) is 0 Å². The van der Waals surface area contributed by atoms with Crippen molar-refractivity contribution >= 4 is 35.0 Å². The van der Waals surface area contributed by atoms with E-state index < -0.39 is 24.3 Å². The van der Waals surface area contributed by atoms with Crippen LogP contribution in [-0.2, 0) is 4.79 Å². The summed E-state index contributed by atoms with van der Waals surface area (Å²) in [5, 5.41) is 2.97. The van der Waals surface area contributed by atoms with Gasteiger partial charge in [0.1, 0.15) is 18.0 Å². The Bertz CT molecular complexity index is 912. The van der Waals surface area contributed by atoms with Crippen LogP contribution in [0.25, 0.3) is 0 Å². The minimum absolute atomic E-state index is 0.192. The fraction of sp³-hybridized carbons (Fsp3) is 0.167. The van der Waals surface area contributed by atoms with Crippen LogP contribution in [0, 0.1) is 0 Å². The van der Waals surface area contributed by atoms with Crippen molar-refractivity contribution in [2.45, 2.75) is 0 Å². The Morgan fingerprint density at radius 3 is 2.46 bits per heavy atom. The summed E-state index contributed by atoms with van der Waals surface area (Å²) in [4.78, 5) is 37.9. The molecule has 0 aromatic heterocycles. The van der Waals surface area contributed by atoms with Gasteiger partial charge in [0, 0.05) is 11.1 Å². The van der Waals surface area contributed by atoms with E-state index in [2.05, 4.69) is 5.32 Å². The molecule has 3 rings (SSSR count).